The van der Waals surface area contributed by atoms with E-state index in [1.165, 1.54) is 12.3 Å². The second kappa shape index (κ2) is 6.67. The quantitative estimate of drug-likeness (QED) is 0.797. The Morgan fingerprint density at radius 2 is 2.14 bits per heavy atom. The molecule has 0 aliphatic carbocycles. The maximum absolute atomic E-state index is 12.2. The molecule has 1 N–H and O–H groups in total. The van der Waals surface area contributed by atoms with Crippen molar-refractivity contribution in [3.05, 3.63) is 36.0 Å². The van der Waals surface area contributed by atoms with Crippen LogP contribution in [-0.2, 0) is 14.6 Å². The fraction of sp³-hybridized carbons (Fsp3) is 0.154. The number of nitrogens with zero attached hydrogens (tertiary/aromatic N) is 1. The van der Waals surface area contributed by atoms with Gasteiger partial charge >= 0.3 is 0 Å². The number of thiazole rings is 1. The van der Waals surface area contributed by atoms with Crippen LogP contribution >= 0.6 is 11.3 Å². The van der Waals surface area contributed by atoms with Gasteiger partial charge < -0.3 is 4.74 Å². The molecule has 1 amide bonds. The zero-order valence-corrected chi connectivity index (χ0v) is 13.1. The lowest BCUT2D eigenvalue weighted by molar-refractivity contribution is -0.109. The Kier molecular flexibility index (Phi) is 4.88. The molecule has 2 rings (SSSR count). The lowest BCUT2D eigenvalue weighted by atomic mass is 10.2. The largest absolute Gasteiger partial charge is 0.485 e. The summed E-state index contributed by atoms with van der Waals surface area (Å²) in [6.45, 7) is -0.167. The number of carbonyl (C=O) groups excluding carboxylic acids is 2. The summed E-state index contributed by atoms with van der Waals surface area (Å²) >= 11 is 0.859. The number of para-hydroxylation sites is 1. The molecule has 0 saturated heterocycles. The Balaban J connectivity index is 2.19. The third-order valence-corrected chi connectivity index (χ3v) is 5.21. The molecule has 2 aromatic rings. The fourth-order valence-corrected chi connectivity index (χ4v) is 3.19. The topological polar surface area (TPSA) is 102 Å². The van der Waals surface area contributed by atoms with Crippen LogP contribution < -0.4 is 10.1 Å². The number of amides is 1. The first kappa shape index (κ1) is 16.1. The van der Waals surface area contributed by atoms with Gasteiger partial charge in [-0.3, -0.25) is 14.9 Å². The molecule has 0 aliphatic rings. The standard InChI is InChI=1S/C13H12N2O5S2/c1-22(18,19)11-8-14-13(21-11)15-12(17)9-4-2-3-5-10(9)20-7-6-16/h2-6,8H,7H2,1H3,(H,14,15,17). The van der Waals surface area contributed by atoms with E-state index in [9.17, 15) is 18.0 Å². The minimum atomic E-state index is -3.36. The van der Waals surface area contributed by atoms with Gasteiger partial charge in [0.1, 0.15) is 16.6 Å². The highest BCUT2D eigenvalue weighted by Gasteiger charge is 2.16. The molecule has 0 radical (unpaired) electrons. The molecule has 0 spiro atoms. The van der Waals surface area contributed by atoms with Crippen LogP contribution in [0.3, 0.4) is 0 Å². The summed E-state index contributed by atoms with van der Waals surface area (Å²) in [5.74, 6) is -0.247. The summed E-state index contributed by atoms with van der Waals surface area (Å²) in [6, 6.07) is 6.40. The van der Waals surface area contributed by atoms with Crippen LogP contribution in [-0.4, -0.2) is 38.5 Å². The Bertz CT molecular complexity index is 798. The monoisotopic (exact) mass is 340 g/mol. The summed E-state index contributed by atoms with van der Waals surface area (Å²) < 4.78 is 28.0. The molecular weight excluding hydrogens is 328 g/mol. The van der Waals surface area contributed by atoms with Crippen molar-refractivity contribution in [3.63, 3.8) is 0 Å². The highest BCUT2D eigenvalue weighted by atomic mass is 32.2. The van der Waals surface area contributed by atoms with Gasteiger partial charge in [-0.2, -0.15) is 0 Å². The smallest absolute Gasteiger partial charge is 0.261 e. The maximum atomic E-state index is 12.2. The Morgan fingerprint density at radius 1 is 1.41 bits per heavy atom. The molecule has 9 heteroatoms. The van der Waals surface area contributed by atoms with Gasteiger partial charge in [-0.1, -0.05) is 23.5 Å². The normalized spacial score (nSPS) is 11.0. The average Bonchev–Trinajstić information content (AvgIpc) is 2.94. The van der Waals surface area contributed by atoms with Crippen molar-refractivity contribution >= 4 is 38.5 Å². The van der Waals surface area contributed by atoms with Crippen molar-refractivity contribution in [3.8, 4) is 5.75 Å². The number of hydrogen-bond donors (Lipinski definition) is 1. The highest BCUT2D eigenvalue weighted by Crippen LogP contribution is 2.24. The molecule has 0 bridgehead atoms. The lowest BCUT2D eigenvalue weighted by Gasteiger charge is -2.08. The van der Waals surface area contributed by atoms with Crippen LogP contribution in [0.1, 0.15) is 10.4 Å². The molecule has 0 aliphatic heterocycles. The van der Waals surface area contributed by atoms with E-state index < -0.39 is 15.7 Å². The number of aromatic nitrogens is 1. The number of rotatable bonds is 6. The van der Waals surface area contributed by atoms with Gasteiger partial charge in [-0.25, -0.2) is 13.4 Å². The average molecular weight is 340 g/mol. The molecule has 1 heterocycles. The summed E-state index contributed by atoms with van der Waals surface area (Å²) in [5.41, 5.74) is 0.223. The molecule has 0 unspecified atom stereocenters. The van der Waals surface area contributed by atoms with E-state index in [2.05, 4.69) is 10.3 Å². The van der Waals surface area contributed by atoms with Crippen LogP contribution in [0.5, 0.6) is 5.75 Å². The molecule has 0 atom stereocenters. The second-order valence-electron chi connectivity index (χ2n) is 4.18. The van der Waals surface area contributed by atoms with Crippen LogP contribution in [0.25, 0.3) is 0 Å². The van der Waals surface area contributed by atoms with Gasteiger partial charge in [0.25, 0.3) is 5.91 Å². The molecule has 1 aromatic carbocycles. The van der Waals surface area contributed by atoms with Crippen molar-refractivity contribution in [2.75, 3.05) is 18.2 Å². The van der Waals surface area contributed by atoms with Crippen LogP contribution in [0.2, 0.25) is 0 Å². The van der Waals surface area contributed by atoms with Gasteiger partial charge in [0.15, 0.2) is 21.3 Å². The van der Waals surface area contributed by atoms with Crippen LogP contribution in [0.15, 0.2) is 34.7 Å². The summed E-state index contributed by atoms with van der Waals surface area (Å²) in [5, 5.41) is 2.67. The van der Waals surface area contributed by atoms with Gasteiger partial charge in [0.05, 0.1) is 11.8 Å². The summed E-state index contributed by atoms with van der Waals surface area (Å²) in [4.78, 5) is 26.4. The van der Waals surface area contributed by atoms with Crippen LogP contribution in [0, 0.1) is 0 Å². The number of nitrogens with one attached hydrogen (secondary N) is 1. The number of carbonyl (C=O) groups is 2. The van der Waals surface area contributed by atoms with Crippen molar-refractivity contribution in [2.45, 2.75) is 4.21 Å². The highest BCUT2D eigenvalue weighted by molar-refractivity contribution is 7.92. The number of aldehydes is 1. The Hall–Kier alpha value is -2.26. The van der Waals surface area contributed by atoms with Gasteiger partial charge in [0, 0.05) is 6.26 Å². The number of anilines is 1. The zero-order valence-electron chi connectivity index (χ0n) is 11.5. The van der Waals surface area contributed by atoms with E-state index in [0.29, 0.717) is 6.29 Å². The molecule has 22 heavy (non-hydrogen) atoms. The van der Waals surface area contributed by atoms with Crippen molar-refractivity contribution in [2.24, 2.45) is 0 Å². The van der Waals surface area contributed by atoms with Gasteiger partial charge in [-0.15, -0.1) is 0 Å². The number of ether oxygens (including phenoxy) is 1. The first-order valence-electron chi connectivity index (χ1n) is 6.04. The zero-order chi connectivity index (χ0) is 16.2. The maximum Gasteiger partial charge on any atom is 0.261 e. The number of sulfone groups is 1. The third kappa shape index (κ3) is 3.89. The second-order valence-corrected chi connectivity index (χ2v) is 7.46. The first-order chi connectivity index (χ1) is 10.4. The van der Waals surface area contributed by atoms with Crippen LogP contribution in [0.4, 0.5) is 5.13 Å². The van der Waals surface area contributed by atoms with E-state index in [1.807, 2.05) is 0 Å². The Labute approximate surface area is 130 Å². The van der Waals surface area contributed by atoms with E-state index in [4.69, 9.17) is 4.74 Å². The lowest BCUT2D eigenvalue weighted by Crippen LogP contribution is -2.13. The molecule has 0 saturated carbocycles. The fourth-order valence-electron chi connectivity index (χ4n) is 1.56. The molecule has 0 fully saturated rings. The van der Waals surface area contributed by atoms with Gasteiger partial charge in [-0.05, 0) is 12.1 Å². The Morgan fingerprint density at radius 3 is 2.77 bits per heavy atom. The van der Waals surface area contributed by atoms with E-state index in [-0.39, 0.29) is 27.3 Å². The number of hydrogen-bond acceptors (Lipinski definition) is 7. The molecule has 7 nitrogen and oxygen atoms in total. The summed E-state index contributed by atoms with van der Waals surface area (Å²) in [6.07, 6.45) is 2.83. The number of benzene rings is 1. The predicted octanol–water partition coefficient (Wildman–Crippen LogP) is 1.38. The first-order valence-corrected chi connectivity index (χ1v) is 8.75. The molecule has 116 valence electrons. The third-order valence-electron chi connectivity index (χ3n) is 2.51. The predicted molar refractivity (Wildman–Crippen MR) is 81.2 cm³/mol. The minimum absolute atomic E-state index is 0.0632. The van der Waals surface area contributed by atoms with Crippen molar-refractivity contribution in [1.29, 1.82) is 0 Å². The van der Waals surface area contributed by atoms with E-state index in [1.54, 1.807) is 18.2 Å². The van der Waals surface area contributed by atoms with Crippen molar-refractivity contribution < 1.29 is 22.7 Å². The summed E-state index contributed by atoms with van der Waals surface area (Å²) in [7, 11) is -3.36. The van der Waals surface area contributed by atoms with Crippen molar-refractivity contribution in [1.82, 2.24) is 4.98 Å². The minimum Gasteiger partial charge on any atom is -0.485 e. The van der Waals surface area contributed by atoms with E-state index in [0.717, 1.165) is 17.6 Å². The molecule has 1 aromatic heterocycles. The van der Waals surface area contributed by atoms with Gasteiger partial charge in [0.2, 0.25) is 0 Å². The molecular formula is C13H12N2O5S2. The SMILES string of the molecule is CS(=O)(=O)c1cnc(NC(=O)c2ccccc2OCC=O)s1. The van der Waals surface area contributed by atoms with E-state index >= 15 is 0 Å².